The zero-order valence-electron chi connectivity index (χ0n) is 7.71. The molecule has 0 aliphatic carbocycles. The van der Waals surface area contributed by atoms with Crippen LogP contribution in [0.15, 0.2) is 0 Å². The van der Waals surface area contributed by atoms with Crippen molar-refractivity contribution in [2.75, 3.05) is 13.1 Å². The van der Waals surface area contributed by atoms with Crippen molar-refractivity contribution in [3.8, 4) is 0 Å². The molecule has 0 aromatic heterocycles. The van der Waals surface area contributed by atoms with Crippen LogP contribution >= 0.6 is 0 Å². The quantitative estimate of drug-likeness (QED) is 0.576. The molecule has 0 heterocycles. The van der Waals surface area contributed by atoms with Gasteiger partial charge < -0.3 is 10.5 Å². The molecule has 0 aromatic carbocycles. The molecular formula is C8H19BN2. The minimum atomic E-state index is 0.266. The first kappa shape index (κ1) is 11.0. The van der Waals surface area contributed by atoms with E-state index in [2.05, 4.69) is 6.92 Å². The highest BCUT2D eigenvalue weighted by Gasteiger charge is 1.98. The second-order valence-corrected chi connectivity index (χ2v) is 3.16. The van der Waals surface area contributed by atoms with E-state index in [-0.39, 0.29) is 6.04 Å². The van der Waals surface area contributed by atoms with Crippen LogP contribution in [-0.2, 0) is 0 Å². The standard InChI is InChI=1S/C8H19BN2/c1-3-4-6-11(9)7-5-8(2)10/h8H,3-7,10H2,1-2H3. The largest absolute Gasteiger partial charge is 0.353 e. The Balaban J connectivity index is 3.15. The maximum absolute atomic E-state index is 5.69. The highest BCUT2D eigenvalue weighted by molar-refractivity contribution is 6.04. The third kappa shape index (κ3) is 7.89. The van der Waals surface area contributed by atoms with E-state index in [1.807, 2.05) is 11.7 Å². The van der Waals surface area contributed by atoms with Crippen LogP contribution in [0.1, 0.15) is 33.1 Å². The van der Waals surface area contributed by atoms with E-state index < -0.39 is 0 Å². The molecule has 1 unspecified atom stereocenters. The number of hydrogen-bond acceptors (Lipinski definition) is 2. The van der Waals surface area contributed by atoms with E-state index in [0.717, 1.165) is 19.5 Å². The lowest BCUT2D eigenvalue weighted by Crippen LogP contribution is -2.27. The Morgan fingerprint density at radius 2 is 2.09 bits per heavy atom. The van der Waals surface area contributed by atoms with Crippen molar-refractivity contribution in [1.82, 2.24) is 4.81 Å². The van der Waals surface area contributed by atoms with Gasteiger partial charge >= 0.3 is 0 Å². The first-order valence-corrected chi connectivity index (χ1v) is 4.42. The molecular weight excluding hydrogens is 135 g/mol. The highest BCUT2D eigenvalue weighted by Crippen LogP contribution is 1.94. The van der Waals surface area contributed by atoms with Gasteiger partial charge in [-0.15, -0.1) is 0 Å². The molecule has 0 aliphatic heterocycles. The van der Waals surface area contributed by atoms with Gasteiger partial charge in [0.05, 0.1) is 0 Å². The third-order valence-corrected chi connectivity index (χ3v) is 1.67. The lowest BCUT2D eigenvalue weighted by Gasteiger charge is -2.17. The summed E-state index contributed by atoms with van der Waals surface area (Å²) in [6.45, 7) is 6.08. The van der Waals surface area contributed by atoms with Gasteiger partial charge in [-0.1, -0.05) is 13.3 Å². The SMILES string of the molecule is [B]N(CCCC)CCC(C)N. The number of nitrogens with zero attached hydrogens (tertiary/aromatic N) is 1. The predicted molar refractivity (Wildman–Crippen MR) is 50.5 cm³/mol. The molecule has 11 heavy (non-hydrogen) atoms. The third-order valence-electron chi connectivity index (χ3n) is 1.67. The monoisotopic (exact) mass is 154 g/mol. The zero-order chi connectivity index (χ0) is 8.69. The molecule has 2 N–H and O–H groups in total. The molecule has 0 fully saturated rings. The van der Waals surface area contributed by atoms with E-state index in [1.54, 1.807) is 0 Å². The van der Waals surface area contributed by atoms with Gasteiger partial charge in [-0.2, -0.15) is 0 Å². The Labute approximate surface area is 71.6 Å². The van der Waals surface area contributed by atoms with Crippen molar-refractivity contribution >= 4 is 7.98 Å². The summed E-state index contributed by atoms with van der Waals surface area (Å²) < 4.78 is 0. The average Bonchev–Trinajstić information content (AvgIpc) is 1.97. The maximum atomic E-state index is 5.69. The van der Waals surface area contributed by atoms with Crippen LogP contribution in [-0.4, -0.2) is 31.9 Å². The summed E-state index contributed by atoms with van der Waals surface area (Å²) in [6, 6.07) is 0.266. The zero-order valence-corrected chi connectivity index (χ0v) is 7.71. The van der Waals surface area contributed by atoms with Crippen molar-refractivity contribution in [1.29, 1.82) is 0 Å². The molecule has 0 saturated heterocycles. The fraction of sp³-hybridized carbons (Fsp3) is 1.00. The Morgan fingerprint density at radius 3 is 2.55 bits per heavy atom. The Kier molecular flexibility index (Phi) is 6.67. The molecule has 2 nitrogen and oxygen atoms in total. The molecule has 0 aliphatic rings. The molecule has 3 heteroatoms. The number of unbranched alkanes of at least 4 members (excludes halogenated alkanes) is 1. The molecule has 2 radical (unpaired) electrons. The number of hydrogen-bond donors (Lipinski definition) is 1. The van der Waals surface area contributed by atoms with Crippen LogP contribution in [0.4, 0.5) is 0 Å². The predicted octanol–water partition coefficient (Wildman–Crippen LogP) is 0.909. The molecule has 0 amide bonds. The van der Waals surface area contributed by atoms with Crippen molar-refractivity contribution in [2.24, 2.45) is 5.73 Å². The van der Waals surface area contributed by atoms with Gasteiger partial charge in [0.2, 0.25) is 0 Å². The van der Waals surface area contributed by atoms with Gasteiger partial charge in [0.15, 0.2) is 7.98 Å². The van der Waals surface area contributed by atoms with E-state index in [4.69, 9.17) is 13.7 Å². The number of nitrogens with two attached hydrogens (primary N) is 1. The topological polar surface area (TPSA) is 29.3 Å². The van der Waals surface area contributed by atoms with E-state index in [1.165, 1.54) is 12.8 Å². The summed E-state index contributed by atoms with van der Waals surface area (Å²) in [5.74, 6) is 0. The second-order valence-electron chi connectivity index (χ2n) is 3.16. The molecule has 1 atom stereocenters. The normalized spacial score (nSPS) is 13.8. The van der Waals surface area contributed by atoms with Crippen LogP contribution in [0.2, 0.25) is 0 Å². The molecule has 0 spiro atoms. The summed E-state index contributed by atoms with van der Waals surface area (Å²) in [4.78, 5) is 1.85. The van der Waals surface area contributed by atoms with Crippen LogP contribution in [0.3, 0.4) is 0 Å². The molecule has 0 saturated carbocycles. The fourth-order valence-electron chi connectivity index (χ4n) is 0.842. The van der Waals surface area contributed by atoms with Crippen molar-refractivity contribution in [2.45, 2.75) is 39.2 Å². The van der Waals surface area contributed by atoms with Gasteiger partial charge in [-0.25, -0.2) is 0 Å². The average molecular weight is 154 g/mol. The maximum Gasteiger partial charge on any atom is 0.182 e. The highest BCUT2D eigenvalue weighted by atomic mass is 15.0. The minimum Gasteiger partial charge on any atom is -0.353 e. The number of rotatable bonds is 6. The van der Waals surface area contributed by atoms with E-state index >= 15 is 0 Å². The summed E-state index contributed by atoms with van der Waals surface area (Å²) in [5.41, 5.74) is 5.59. The lowest BCUT2D eigenvalue weighted by molar-refractivity contribution is 0.416. The van der Waals surface area contributed by atoms with Gasteiger partial charge in [-0.05, 0) is 32.9 Å². The molecule has 0 bridgehead atoms. The summed E-state index contributed by atoms with van der Waals surface area (Å²) in [7, 11) is 5.69. The van der Waals surface area contributed by atoms with Crippen LogP contribution in [0.25, 0.3) is 0 Å². The Morgan fingerprint density at radius 1 is 1.45 bits per heavy atom. The molecule has 64 valence electrons. The summed E-state index contributed by atoms with van der Waals surface area (Å²) in [5, 5.41) is 0. The Hall–Kier alpha value is -0.0151. The van der Waals surface area contributed by atoms with Gasteiger partial charge in [-0.3, -0.25) is 0 Å². The Bertz CT molecular complexity index is 86.2. The van der Waals surface area contributed by atoms with Crippen LogP contribution in [0, 0.1) is 0 Å². The first-order valence-electron chi connectivity index (χ1n) is 4.42. The van der Waals surface area contributed by atoms with Crippen LogP contribution in [0.5, 0.6) is 0 Å². The fourth-order valence-corrected chi connectivity index (χ4v) is 0.842. The van der Waals surface area contributed by atoms with E-state index in [0.29, 0.717) is 0 Å². The summed E-state index contributed by atoms with van der Waals surface area (Å²) >= 11 is 0. The minimum absolute atomic E-state index is 0.266. The first-order chi connectivity index (χ1) is 5.16. The van der Waals surface area contributed by atoms with Crippen molar-refractivity contribution in [3.63, 3.8) is 0 Å². The molecule has 0 aromatic rings. The smallest absolute Gasteiger partial charge is 0.182 e. The summed E-state index contributed by atoms with van der Waals surface area (Å²) in [6.07, 6.45) is 3.36. The van der Waals surface area contributed by atoms with Crippen LogP contribution < -0.4 is 5.73 Å². The van der Waals surface area contributed by atoms with Crippen molar-refractivity contribution in [3.05, 3.63) is 0 Å². The van der Waals surface area contributed by atoms with Gasteiger partial charge in [0, 0.05) is 6.04 Å². The van der Waals surface area contributed by atoms with Gasteiger partial charge in [0.1, 0.15) is 0 Å². The lowest BCUT2D eigenvalue weighted by atomic mass is 10.2. The molecule has 0 rings (SSSR count). The van der Waals surface area contributed by atoms with E-state index in [9.17, 15) is 0 Å². The van der Waals surface area contributed by atoms with Gasteiger partial charge in [0.25, 0.3) is 0 Å². The second kappa shape index (κ2) is 6.68. The van der Waals surface area contributed by atoms with Crippen molar-refractivity contribution < 1.29 is 0 Å².